The summed E-state index contributed by atoms with van der Waals surface area (Å²) in [6, 6.07) is 28.8. The van der Waals surface area contributed by atoms with Gasteiger partial charge in [-0.1, -0.05) is 98.8 Å². The molecule has 3 aromatic carbocycles. The summed E-state index contributed by atoms with van der Waals surface area (Å²) in [5.74, 6) is 0.404. The van der Waals surface area contributed by atoms with Gasteiger partial charge in [0.15, 0.2) is 0 Å². The highest BCUT2D eigenvalue weighted by molar-refractivity contribution is 6.03. The van der Waals surface area contributed by atoms with Gasteiger partial charge in [-0.25, -0.2) is 5.01 Å². The number of rotatable bonds is 6. The lowest BCUT2D eigenvalue weighted by Gasteiger charge is -2.25. The molecule has 0 saturated carbocycles. The fourth-order valence-corrected chi connectivity index (χ4v) is 4.21. The predicted octanol–water partition coefficient (Wildman–Crippen LogP) is 6.37. The molecule has 1 amide bonds. The van der Waals surface area contributed by atoms with E-state index in [0.717, 1.165) is 35.2 Å². The van der Waals surface area contributed by atoms with Gasteiger partial charge in [0.1, 0.15) is 0 Å². The maximum absolute atomic E-state index is 13.6. The molecule has 1 aliphatic heterocycles. The predicted molar refractivity (Wildman–Crippen MR) is 127 cm³/mol. The molecule has 0 fully saturated rings. The van der Waals surface area contributed by atoms with Crippen LogP contribution in [0, 0.1) is 5.92 Å². The van der Waals surface area contributed by atoms with Crippen molar-refractivity contribution in [3.63, 3.8) is 0 Å². The zero-order valence-electron chi connectivity index (χ0n) is 18.5. The number of hydrazone groups is 1. The number of benzene rings is 3. The van der Waals surface area contributed by atoms with Gasteiger partial charge in [-0.15, -0.1) is 0 Å². The maximum atomic E-state index is 13.6. The van der Waals surface area contributed by atoms with E-state index in [1.54, 1.807) is 5.01 Å². The van der Waals surface area contributed by atoms with Crippen molar-refractivity contribution in [2.45, 2.75) is 45.6 Å². The maximum Gasteiger partial charge on any atom is 0.250 e. The van der Waals surface area contributed by atoms with Gasteiger partial charge < -0.3 is 0 Å². The van der Waals surface area contributed by atoms with Crippen LogP contribution in [0.4, 0.5) is 0 Å². The fraction of sp³-hybridized carbons (Fsp3) is 0.286. The zero-order chi connectivity index (χ0) is 21.8. The summed E-state index contributed by atoms with van der Waals surface area (Å²) in [6.45, 7) is 6.43. The Bertz CT molecular complexity index is 1040. The van der Waals surface area contributed by atoms with E-state index in [4.69, 9.17) is 5.10 Å². The molecule has 3 nitrogen and oxygen atoms in total. The minimum Gasteiger partial charge on any atom is -0.272 e. The summed E-state index contributed by atoms with van der Waals surface area (Å²) in [4.78, 5) is 13.6. The molecule has 158 valence electrons. The number of hydrogen-bond acceptors (Lipinski definition) is 2. The van der Waals surface area contributed by atoms with E-state index in [0.29, 0.717) is 5.92 Å². The molecule has 3 heteroatoms. The highest BCUT2D eigenvalue weighted by Gasteiger charge is 2.35. The lowest BCUT2D eigenvalue weighted by Crippen LogP contribution is -2.30. The Hall–Kier alpha value is -3.20. The largest absolute Gasteiger partial charge is 0.272 e. The highest BCUT2D eigenvalue weighted by atomic mass is 16.2. The molecular formula is C28H30N2O. The number of hydrogen-bond donors (Lipinski definition) is 0. The molecule has 0 saturated heterocycles. The third kappa shape index (κ3) is 4.77. The average molecular weight is 411 g/mol. The Morgan fingerprint density at radius 1 is 0.903 bits per heavy atom. The molecule has 1 aliphatic rings. The van der Waals surface area contributed by atoms with E-state index in [-0.39, 0.29) is 17.9 Å². The van der Waals surface area contributed by atoms with Crippen molar-refractivity contribution < 1.29 is 4.79 Å². The van der Waals surface area contributed by atoms with E-state index in [1.807, 2.05) is 43.3 Å². The smallest absolute Gasteiger partial charge is 0.250 e. The summed E-state index contributed by atoms with van der Waals surface area (Å²) in [6.07, 6.45) is 1.77. The van der Waals surface area contributed by atoms with E-state index in [2.05, 4.69) is 62.4 Å². The first kappa shape index (κ1) is 21.0. The third-order valence-electron chi connectivity index (χ3n) is 5.92. The van der Waals surface area contributed by atoms with Crippen molar-refractivity contribution in [2.75, 3.05) is 0 Å². The molecule has 0 aromatic heterocycles. The number of carbonyl (C=O) groups excluding carboxylic acids is 1. The van der Waals surface area contributed by atoms with Crippen LogP contribution in [-0.2, 0) is 11.2 Å². The zero-order valence-corrected chi connectivity index (χ0v) is 18.5. The van der Waals surface area contributed by atoms with Crippen molar-refractivity contribution in [2.24, 2.45) is 11.0 Å². The molecule has 2 atom stereocenters. The van der Waals surface area contributed by atoms with Gasteiger partial charge in [-0.2, -0.15) is 5.10 Å². The topological polar surface area (TPSA) is 32.7 Å². The molecule has 31 heavy (non-hydrogen) atoms. The molecular weight excluding hydrogens is 380 g/mol. The lowest BCUT2D eigenvalue weighted by molar-refractivity contribution is -0.134. The van der Waals surface area contributed by atoms with Crippen LogP contribution in [-0.4, -0.2) is 16.6 Å². The van der Waals surface area contributed by atoms with E-state index < -0.39 is 0 Å². The van der Waals surface area contributed by atoms with Crippen LogP contribution in [0.3, 0.4) is 0 Å². The summed E-state index contributed by atoms with van der Waals surface area (Å²) in [5.41, 5.74) is 5.50. The van der Waals surface area contributed by atoms with Gasteiger partial charge in [0.25, 0.3) is 5.91 Å². The van der Waals surface area contributed by atoms with Crippen molar-refractivity contribution in [1.82, 2.24) is 5.01 Å². The van der Waals surface area contributed by atoms with E-state index >= 15 is 0 Å². The normalized spacial score (nSPS) is 17.0. The minimum absolute atomic E-state index is 0.0383. The van der Waals surface area contributed by atoms with Gasteiger partial charge in [0.05, 0.1) is 17.7 Å². The van der Waals surface area contributed by atoms with Crippen LogP contribution in [0.25, 0.3) is 0 Å². The summed E-state index contributed by atoms with van der Waals surface area (Å²) in [5, 5.41) is 6.53. The van der Waals surface area contributed by atoms with Crippen molar-refractivity contribution >= 4 is 11.6 Å². The second-order valence-electron chi connectivity index (χ2n) is 8.79. The Morgan fingerprint density at radius 3 is 2.13 bits per heavy atom. The molecule has 3 aromatic rings. The summed E-state index contributed by atoms with van der Waals surface area (Å²) >= 11 is 0. The SMILES string of the molecule is CC(C)Cc1ccc(C(C)C(=O)N2N=C(c3ccccc3)CC2c2ccccc2)cc1. The van der Waals surface area contributed by atoms with Gasteiger partial charge in [0.2, 0.25) is 0 Å². The minimum atomic E-state index is -0.252. The molecule has 0 N–H and O–H groups in total. The summed E-state index contributed by atoms with van der Waals surface area (Å²) < 4.78 is 0. The molecule has 2 unspecified atom stereocenters. The highest BCUT2D eigenvalue weighted by Crippen LogP contribution is 2.35. The molecule has 0 spiro atoms. The van der Waals surface area contributed by atoms with Crippen LogP contribution < -0.4 is 0 Å². The Labute approximate surface area is 185 Å². The molecule has 1 heterocycles. The Morgan fingerprint density at radius 2 is 1.52 bits per heavy atom. The average Bonchev–Trinajstić information content (AvgIpc) is 3.25. The van der Waals surface area contributed by atoms with Crippen molar-refractivity contribution in [3.8, 4) is 0 Å². The van der Waals surface area contributed by atoms with Crippen molar-refractivity contribution in [3.05, 3.63) is 107 Å². The van der Waals surface area contributed by atoms with Crippen molar-refractivity contribution in [1.29, 1.82) is 0 Å². The fourth-order valence-electron chi connectivity index (χ4n) is 4.21. The van der Waals surface area contributed by atoms with Crippen LogP contribution in [0.15, 0.2) is 90.0 Å². The number of nitrogens with zero attached hydrogens (tertiary/aromatic N) is 2. The monoisotopic (exact) mass is 410 g/mol. The first-order valence-electron chi connectivity index (χ1n) is 11.1. The van der Waals surface area contributed by atoms with Gasteiger partial charge in [-0.3, -0.25) is 4.79 Å². The number of amides is 1. The first-order chi connectivity index (χ1) is 15.0. The number of carbonyl (C=O) groups is 1. The Kier molecular flexibility index (Phi) is 6.31. The van der Waals surface area contributed by atoms with Gasteiger partial charge >= 0.3 is 0 Å². The first-order valence-corrected chi connectivity index (χ1v) is 11.1. The second kappa shape index (κ2) is 9.30. The third-order valence-corrected chi connectivity index (χ3v) is 5.92. The quantitative estimate of drug-likeness (QED) is 0.465. The Balaban J connectivity index is 1.61. The van der Waals surface area contributed by atoms with Crippen LogP contribution in [0.1, 0.15) is 61.4 Å². The van der Waals surface area contributed by atoms with Gasteiger partial charge in [0, 0.05) is 6.42 Å². The van der Waals surface area contributed by atoms with Gasteiger partial charge in [-0.05, 0) is 41.5 Å². The van der Waals surface area contributed by atoms with Crippen LogP contribution in [0.2, 0.25) is 0 Å². The second-order valence-corrected chi connectivity index (χ2v) is 8.79. The van der Waals surface area contributed by atoms with Crippen LogP contribution >= 0.6 is 0 Å². The van der Waals surface area contributed by atoms with Crippen LogP contribution in [0.5, 0.6) is 0 Å². The molecule has 4 rings (SSSR count). The van der Waals surface area contributed by atoms with E-state index in [9.17, 15) is 4.79 Å². The molecule has 0 bridgehead atoms. The molecule has 0 radical (unpaired) electrons. The standard InChI is InChI=1S/C28H30N2O/c1-20(2)18-22-14-16-23(17-15-22)21(3)28(31)30-27(25-12-8-5-9-13-25)19-26(29-30)24-10-6-4-7-11-24/h4-17,20-21,27H,18-19H2,1-3H3. The lowest BCUT2D eigenvalue weighted by atomic mass is 9.94. The van der Waals surface area contributed by atoms with E-state index in [1.165, 1.54) is 5.56 Å². The molecule has 0 aliphatic carbocycles. The summed E-state index contributed by atoms with van der Waals surface area (Å²) in [7, 11) is 0.